The Morgan fingerprint density at radius 3 is 2.50 bits per heavy atom. The van der Waals surface area contributed by atoms with Gasteiger partial charge in [0.25, 0.3) is 0 Å². The summed E-state index contributed by atoms with van der Waals surface area (Å²) >= 11 is 1.21. The van der Waals surface area contributed by atoms with E-state index < -0.39 is 5.25 Å². The average molecular weight is 450 g/mol. The highest BCUT2D eigenvalue weighted by Crippen LogP contribution is 2.19. The molecule has 0 radical (unpaired) electrons. The number of imidazole rings is 1. The van der Waals surface area contributed by atoms with Crippen LogP contribution in [0.15, 0.2) is 73.2 Å². The van der Waals surface area contributed by atoms with Crippen LogP contribution in [0.1, 0.15) is 6.92 Å². The van der Waals surface area contributed by atoms with Gasteiger partial charge >= 0.3 is 0 Å². The Hall–Kier alpha value is -3.72. The number of nitrogens with zero attached hydrogens (tertiary/aromatic N) is 3. The number of aromatic nitrogens is 3. The lowest BCUT2D eigenvalue weighted by molar-refractivity contribution is -0.115. The number of para-hydroxylation sites is 2. The molecule has 0 saturated heterocycles. The molecule has 4 aromatic rings. The van der Waals surface area contributed by atoms with Gasteiger partial charge in [0.15, 0.2) is 0 Å². The second kappa shape index (κ2) is 9.61. The van der Waals surface area contributed by atoms with Gasteiger partial charge in [-0.25, -0.2) is 14.4 Å². The fourth-order valence-corrected chi connectivity index (χ4v) is 3.68. The third kappa shape index (κ3) is 5.12. The first-order valence-corrected chi connectivity index (χ1v) is 10.9. The van der Waals surface area contributed by atoms with E-state index in [9.17, 15) is 14.0 Å². The molecule has 1 unspecified atom stereocenters. The predicted molar refractivity (Wildman–Crippen MR) is 124 cm³/mol. The SMILES string of the molecule is CC(SCC(=O)Nc1ccc(F)cc1)C(=O)Nc1ccc(-n2cnc3ccccc32)nc1. The largest absolute Gasteiger partial charge is 0.325 e. The van der Waals surface area contributed by atoms with Crippen LogP contribution in [-0.2, 0) is 9.59 Å². The van der Waals surface area contributed by atoms with Crippen LogP contribution in [0.3, 0.4) is 0 Å². The molecule has 2 aromatic heterocycles. The number of fused-ring (bicyclic) bond motifs is 1. The van der Waals surface area contributed by atoms with Gasteiger partial charge in [-0.2, -0.15) is 0 Å². The van der Waals surface area contributed by atoms with Gasteiger partial charge < -0.3 is 10.6 Å². The summed E-state index contributed by atoms with van der Waals surface area (Å²) in [6.07, 6.45) is 3.29. The first-order valence-electron chi connectivity index (χ1n) is 9.86. The lowest BCUT2D eigenvalue weighted by atomic mass is 10.3. The second-order valence-corrected chi connectivity index (χ2v) is 8.34. The Morgan fingerprint density at radius 1 is 1.00 bits per heavy atom. The van der Waals surface area contributed by atoms with Gasteiger partial charge in [-0.3, -0.25) is 14.2 Å². The highest BCUT2D eigenvalue weighted by Gasteiger charge is 2.16. The van der Waals surface area contributed by atoms with Gasteiger partial charge in [-0.1, -0.05) is 12.1 Å². The number of hydrogen-bond acceptors (Lipinski definition) is 5. The van der Waals surface area contributed by atoms with E-state index in [0.717, 1.165) is 11.0 Å². The van der Waals surface area contributed by atoms with Gasteiger partial charge in [-0.15, -0.1) is 11.8 Å². The van der Waals surface area contributed by atoms with Crippen molar-refractivity contribution in [2.75, 3.05) is 16.4 Å². The molecular weight excluding hydrogens is 429 g/mol. The molecule has 2 aromatic carbocycles. The predicted octanol–water partition coefficient (Wildman–Crippen LogP) is 4.26. The molecule has 9 heteroatoms. The summed E-state index contributed by atoms with van der Waals surface area (Å²) in [5.74, 6) is -0.0798. The second-order valence-electron chi connectivity index (χ2n) is 7.01. The fourth-order valence-electron chi connectivity index (χ4n) is 2.99. The molecule has 32 heavy (non-hydrogen) atoms. The first kappa shape index (κ1) is 21.5. The Morgan fingerprint density at radius 2 is 1.75 bits per heavy atom. The molecular formula is C23H20FN5O2S. The van der Waals surface area contributed by atoms with Crippen molar-refractivity contribution in [2.24, 2.45) is 0 Å². The maximum absolute atomic E-state index is 12.9. The summed E-state index contributed by atoms with van der Waals surface area (Å²) in [5.41, 5.74) is 2.89. The van der Waals surface area contributed by atoms with E-state index in [-0.39, 0.29) is 23.4 Å². The average Bonchev–Trinajstić information content (AvgIpc) is 3.24. The van der Waals surface area contributed by atoms with Crippen molar-refractivity contribution in [3.05, 3.63) is 79.0 Å². The molecule has 4 rings (SSSR count). The summed E-state index contributed by atoms with van der Waals surface area (Å²) in [4.78, 5) is 33.3. The maximum atomic E-state index is 12.9. The van der Waals surface area contributed by atoms with Gasteiger partial charge in [0.05, 0.1) is 33.9 Å². The van der Waals surface area contributed by atoms with Crippen LogP contribution in [0.25, 0.3) is 16.9 Å². The normalized spacial score (nSPS) is 11.8. The standard InChI is InChI=1S/C23H20FN5O2S/c1-15(32-13-22(30)27-17-8-6-16(24)7-9-17)23(31)28-18-10-11-21(25-12-18)29-14-26-19-4-2-3-5-20(19)29/h2-12,14-15H,13H2,1H3,(H,27,30)(H,28,31). The van der Waals surface area contributed by atoms with Crippen molar-refractivity contribution < 1.29 is 14.0 Å². The van der Waals surface area contributed by atoms with Gasteiger partial charge in [0, 0.05) is 5.69 Å². The first-order chi connectivity index (χ1) is 15.5. The van der Waals surface area contributed by atoms with E-state index in [1.54, 1.807) is 31.6 Å². The van der Waals surface area contributed by atoms with Crippen molar-refractivity contribution in [3.8, 4) is 5.82 Å². The van der Waals surface area contributed by atoms with E-state index >= 15 is 0 Å². The van der Waals surface area contributed by atoms with E-state index in [0.29, 0.717) is 17.2 Å². The molecule has 7 nitrogen and oxygen atoms in total. The van der Waals surface area contributed by atoms with Crippen molar-refractivity contribution in [1.82, 2.24) is 14.5 Å². The minimum Gasteiger partial charge on any atom is -0.325 e. The zero-order valence-electron chi connectivity index (χ0n) is 17.2. The van der Waals surface area contributed by atoms with Crippen LogP contribution in [-0.4, -0.2) is 37.4 Å². The Labute approximate surface area is 188 Å². The van der Waals surface area contributed by atoms with Crippen LogP contribution in [0.5, 0.6) is 0 Å². The fraction of sp³-hybridized carbons (Fsp3) is 0.130. The number of pyridine rings is 1. The topological polar surface area (TPSA) is 88.9 Å². The van der Waals surface area contributed by atoms with E-state index in [4.69, 9.17) is 0 Å². The molecule has 162 valence electrons. The zero-order chi connectivity index (χ0) is 22.5. The number of anilines is 2. The highest BCUT2D eigenvalue weighted by atomic mass is 32.2. The summed E-state index contributed by atoms with van der Waals surface area (Å²) in [6.45, 7) is 1.73. The van der Waals surface area contributed by atoms with Crippen LogP contribution >= 0.6 is 11.8 Å². The zero-order valence-corrected chi connectivity index (χ0v) is 18.0. The molecule has 2 amide bonds. The number of carbonyl (C=O) groups is 2. The van der Waals surface area contributed by atoms with Crippen molar-refractivity contribution >= 4 is 46.0 Å². The monoisotopic (exact) mass is 449 g/mol. The molecule has 2 N–H and O–H groups in total. The summed E-state index contributed by atoms with van der Waals surface area (Å²) in [6, 6.07) is 16.8. The van der Waals surface area contributed by atoms with E-state index in [1.165, 1.54) is 36.0 Å². The third-order valence-electron chi connectivity index (χ3n) is 4.68. The minimum atomic E-state index is -0.453. The molecule has 0 aliphatic rings. The molecule has 0 fully saturated rings. The lowest BCUT2D eigenvalue weighted by Gasteiger charge is -2.12. The quantitative estimate of drug-likeness (QED) is 0.440. The van der Waals surface area contributed by atoms with Crippen LogP contribution in [0.2, 0.25) is 0 Å². The van der Waals surface area contributed by atoms with Gasteiger partial charge in [0.1, 0.15) is 18.0 Å². The number of amides is 2. The van der Waals surface area contributed by atoms with Crippen LogP contribution in [0, 0.1) is 5.82 Å². The number of benzene rings is 2. The third-order valence-corrected chi connectivity index (χ3v) is 5.82. The highest BCUT2D eigenvalue weighted by molar-refractivity contribution is 8.01. The van der Waals surface area contributed by atoms with E-state index in [2.05, 4.69) is 20.6 Å². The Balaban J connectivity index is 1.30. The van der Waals surface area contributed by atoms with Gasteiger partial charge in [-0.05, 0) is 55.5 Å². The maximum Gasteiger partial charge on any atom is 0.237 e. The molecule has 0 aliphatic carbocycles. The number of carbonyl (C=O) groups excluding carboxylic acids is 2. The number of halogens is 1. The minimum absolute atomic E-state index is 0.0941. The van der Waals surface area contributed by atoms with Crippen LogP contribution < -0.4 is 10.6 Å². The molecule has 1 atom stereocenters. The van der Waals surface area contributed by atoms with Crippen molar-refractivity contribution in [3.63, 3.8) is 0 Å². The van der Waals surface area contributed by atoms with Crippen molar-refractivity contribution in [2.45, 2.75) is 12.2 Å². The summed E-state index contributed by atoms with van der Waals surface area (Å²) in [5, 5.41) is 5.03. The molecule has 0 saturated carbocycles. The smallest absolute Gasteiger partial charge is 0.237 e. The molecule has 0 bridgehead atoms. The van der Waals surface area contributed by atoms with Crippen molar-refractivity contribution in [1.29, 1.82) is 0 Å². The number of thioether (sulfide) groups is 1. The van der Waals surface area contributed by atoms with Crippen LogP contribution in [0.4, 0.5) is 15.8 Å². The van der Waals surface area contributed by atoms with E-state index in [1.807, 2.05) is 28.8 Å². The Bertz CT molecular complexity index is 1240. The number of rotatable bonds is 7. The molecule has 0 spiro atoms. The lowest BCUT2D eigenvalue weighted by Crippen LogP contribution is -2.25. The number of nitrogens with one attached hydrogen (secondary N) is 2. The summed E-state index contributed by atoms with van der Waals surface area (Å²) in [7, 11) is 0. The van der Waals surface area contributed by atoms with Gasteiger partial charge in [0.2, 0.25) is 11.8 Å². The molecule has 0 aliphatic heterocycles. The summed E-state index contributed by atoms with van der Waals surface area (Å²) < 4.78 is 14.8. The number of hydrogen-bond donors (Lipinski definition) is 2. The Kier molecular flexibility index (Phi) is 6.46. The molecule has 2 heterocycles.